The van der Waals surface area contributed by atoms with Crippen molar-refractivity contribution in [3.8, 4) is 5.75 Å². The summed E-state index contributed by atoms with van der Waals surface area (Å²) in [6, 6.07) is 5.56. The van der Waals surface area contributed by atoms with Crippen molar-refractivity contribution in [2.45, 2.75) is 26.3 Å². The van der Waals surface area contributed by atoms with Crippen molar-refractivity contribution in [2.24, 2.45) is 0 Å². The number of aromatic nitrogens is 1. The number of hydrogen-bond acceptors (Lipinski definition) is 3. The molecule has 0 N–H and O–H groups in total. The lowest BCUT2D eigenvalue weighted by molar-refractivity contribution is 0.415. The van der Waals surface area contributed by atoms with Gasteiger partial charge in [0, 0.05) is 0 Å². The van der Waals surface area contributed by atoms with Crippen LogP contribution in [0, 0.1) is 0 Å². The summed E-state index contributed by atoms with van der Waals surface area (Å²) in [6.45, 7) is 6.09. The minimum atomic E-state index is -0.173. The lowest BCUT2D eigenvalue weighted by Gasteiger charge is -2.17. The fraction of sp³-hybridized carbons (Fsp3) is 0.417. The van der Waals surface area contributed by atoms with E-state index in [4.69, 9.17) is 4.74 Å². The van der Waals surface area contributed by atoms with Crippen LogP contribution in [0.4, 0.5) is 0 Å². The molecule has 4 heteroatoms. The molecule has 1 aromatic heterocycles. The van der Waals surface area contributed by atoms with Gasteiger partial charge in [-0.25, -0.2) is 0 Å². The highest BCUT2D eigenvalue weighted by molar-refractivity contribution is 7.14. The van der Waals surface area contributed by atoms with E-state index in [2.05, 4.69) is 0 Å². The van der Waals surface area contributed by atoms with E-state index < -0.39 is 0 Å². The molecule has 0 aliphatic rings. The van der Waals surface area contributed by atoms with Crippen LogP contribution in [0.2, 0.25) is 0 Å². The number of methoxy groups -OCH3 is 1. The highest BCUT2D eigenvalue weighted by Crippen LogP contribution is 2.26. The molecule has 0 fully saturated rings. The van der Waals surface area contributed by atoms with Gasteiger partial charge < -0.3 is 4.74 Å². The predicted octanol–water partition coefficient (Wildman–Crippen LogP) is 2.83. The summed E-state index contributed by atoms with van der Waals surface area (Å²) < 4.78 is 7.93. The first kappa shape index (κ1) is 11.2. The Balaban J connectivity index is 2.73. The maximum absolute atomic E-state index is 12.1. The smallest absolute Gasteiger partial charge is 0.269 e. The quantitative estimate of drug-likeness (QED) is 0.763. The van der Waals surface area contributed by atoms with Gasteiger partial charge in [0.15, 0.2) is 0 Å². The van der Waals surface area contributed by atoms with Crippen molar-refractivity contribution in [3.63, 3.8) is 0 Å². The Morgan fingerprint density at radius 2 is 2.00 bits per heavy atom. The van der Waals surface area contributed by atoms with Crippen molar-refractivity contribution >= 4 is 21.6 Å². The number of nitrogens with zero attached hydrogens (tertiary/aromatic N) is 1. The molecule has 3 nitrogen and oxygen atoms in total. The lowest BCUT2D eigenvalue weighted by Crippen LogP contribution is -2.29. The Morgan fingerprint density at radius 3 is 2.56 bits per heavy atom. The monoisotopic (exact) mass is 237 g/mol. The van der Waals surface area contributed by atoms with E-state index in [9.17, 15) is 4.79 Å². The van der Waals surface area contributed by atoms with Crippen LogP contribution in [0.25, 0.3) is 10.1 Å². The normalized spacial score (nSPS) is 12.0. The Hall–Kier alpha value is -1.29. The van der Waals surface area contributed by atoms with Gasteiger partial charge in [0.25, 0.3) is 5.56 Å². The van der Waals surface area contributed by atoms with Gasteiger partial charge in [-0.3, -0.25) is 8.75 Å². The van der Waals surface area contributed by atoms with Crippen molar-refractivity contribution in [1.82, 2.24) is 3.96 Å². The second-order valence-corrected chi connectivity index (χ2v) is 5.71. The second-order valence-electron chi connectivity index (χ2n) is 4.72. The van der Waals surface area contributed by atoms with Gasteiger partial charge in [0.05, 0.1) is 22.7 Å². The van der Waals surface area contributed by atoms with E-state index in [0.29, 0.717) is 0 Å². The molecule has 0 aliphatic heterocycles. The zero-order valence-corrected chi connectivity index (χ0v) is 10.7. The maximum atomic E-state index is 12.1. The van der Waals surface area contributed by atoms with Crippen LogP contribution in [0.5, 0.6) is 5.75 Å². The van der Waals surface area contributed by atoms with Crippen LogP contribution in [0.1, 0.15) is 20.8 Å². The fourth-order valence-corrected chi connectivity index (χ4v) is 2.65. The van der Waals surface area contributed by atoms with Gasteiger partial charge >= 0.3 is 0 Å². The lowest BCUT2D eigenvalue weighted by atomic mass is 10.1. The molecule has 0 spiro atoms. The molecule has 0 saturated carbocycles. The van der Waals surface area contributed by atoms with E-state index in [1.807, 2.05) is 39.0 Å². The van der Waals surface area contributed by atoms with Crippen LogP contribution in [0.3, 0.4) is 0 Å². The molecule has 16 heavy (non-hydrogen) atoms. The number of rotatable bonds is 1. The standard InChI is InChI=1S/C12H15NO2S/c1-12(2,3)13-11(14)9-6-5-8(15-4)7-10(9)16-13/h5-7H,1-4H3. The first-order valence-electron chi connectivity index (χ1n) is 5.14. The number of fused-ring (bicyclic) bond motifs is 1. The van der Waals surface area contributed by atoms with Gasteiger partial charge in [0.1, 0.15) is 5.75 Å². The van der Waals surface area contributed by atoms with E-state index in [1.165, 1.54) is 11.5 Å². The van der Waals surface area contributed by atoms with Gasteiger partial charge in [0.2, 0.25) is 0 Å². The average Bonchev–Trinajstić information content (AvgIpc) is 2.55. The van der Waals surface area contributed by atoms with Crippen LogP contribution < -0.4 is 10.3 Å². The molecule has 0 atom stereocenters. The average molecular weight is 237 g/mol. The van der Waals surface area contributed by atoms with Crippen molar-refractivity contribution in [2.75, 3.05) is 7.11 Å². The molecule has 0 amide bonds. The number of ether oxygens (including phenoxy) is 1. The van der Waals surface area contributed by atoms with E-state index >= 15 is 0 Å². The molecular formula is C12H15NO2S. The molecule has 0 radical (unpaired) electrons. The Kier molecular flexibility index (Phi) is 2.54. The maximum Gasteiger partial charge on any atom is 0.269 e. The van der Waals surface area contributed by atoms with Crippen LogP contribution in [-0.4, -0.2) is 11.1 Å². The zero-order chi connectivity index (χ0) is 11.9. The Bertz CT molecular complexity index is 575. The summed E-state index contributed by atoms with van der Waals surface area (Å²) in [5, 5.41) is 0.765. The molecule has 1 heterocycles. The van der Waals surface area contributed by atoms with Gasteiger partial charge in [-0.1, -0.05) is 11.5 Å². The van der Waals surface area contributed by atoms with Crippen molar-refractivity contribution < 1.29 is 4.74 Å². The van der Waals surface area contributed by atoms with Crippen LogP contribution >= 0.6 is 11.5 Å². The predicted molar refractivity (Wildman–Crippen MR) is 67.6 cm³/mol. The summed E-state index contributed by atoms with van der Waals surface area (Å²) in [7, 11) is 1.63. The molecule has 0 saturated heterocycles. The molecule has 86 valence electrons. The van der Waals surface area contributed by atoms with Gasteiger partial charge in [-0.05, 0) is 39.0 Å². The Morgan fingerprint density at radius 1 is 1.31 bits per heavy atom. The zero-order valence-electron chi connectivity index (χ0n) is 9.90. The second kappa shape index (κ2) is 3.63. The van der Waals surface area contributed by atoms with Gasteiger partial charge in [-0.15, -0.1) is 0 Å². The van der Waals surface area contributed by atoms with Crippen molar-refractivity contribution in [1.29, 1.82) is 0 Å². The largest absolute Gasteiger partial charge is 0.497 e. The summed E-state index contributed by atoms with van der Waals surface area (Å²) in [4.78, 5) is 12.1. The minimum Gasteiger partial charge on any atom is -0.497 e. The van der Waals surface area contributed by atoms with Crippen LogP contribution in [0.15, 0.2) is 23.0 Å². The first-order chi connectivity index (χ1) is 7.43. The molecule has 2 rings (SSSR count). The SMILES string of the molecule is COc1ccc2c(=O)n(C(C)(C)C)sc2c1. The van der Waals surface area contributed by atoms with E-state index in [-0.39, 0.29) is 11.1 Å². The number of hydrogen-bond donors (Lipinski definition) is 0. The third kappa shape index (κ3) is 1.73. The molecule has 1 aromatic carbocycles. The topological polar surface area (TPSA) is 31.2 Å². The third-order valence-corrected chi connectivity index (χ3v) is 3.83. The Labute approximate surface area is 98.4 Å². The number of benzene rings is 1. The molecule has 0 aliphatic carbocycles. The summed E-state index contributed by atoms with van der Waals surface area (Å²) >= 11 is 1.48. The highest BCUT2D eigenvalue weighted by Gasteiger charge is 2.19. The fourth-order valence-electron chi connectivity index (χ4n) is 1.57. The van der Waals surface area contributed by atoms with Crippen molar-refractivity contribution in [3.05, 3.63) is 28.6 Å². The summed E-state index contributed by atoms with van der Waals surface area (Å²) in [5.74, 6) is 0.787. The van der Waals surface area contributed by atoms with E-state index in [1.54, 1.807) is 11.1 Å². The first-order valence-corrected chi connectivity index (χ1v) is 5.91. The van der Waals surface area contributed by atoms with Crippen LogP contribution in [-0.2, 0) is 5.54 Å². The minimum absolute atomic E-state index is 0.0788. The van der Waals surface area contributed by atoms with E-state index in [0.717, 1.165) is 15.8 Å². The van der Waals surface area contributed by atoms with Gasteiger partial charge in [-0.2, -0.15) is 0 Å². The third-order valence-electron chi connectivity index (χ3n) is 2.40. The molecule has 0 unspecified atom stereocenters. The molecule has 0 bridgehead atoms. The summed E-state index contributed by atoms with van der Waals surface area (Å²) in [5.41, 5.74) is -0.0938. The molecular weight excluding hydrogens is 222 g/mol. The molecule has 2 aromatic rings. The highest BCUT2D eigenvalue weighted by atomic mass is 32.1. The summed E-state index contributed by atoms with van der Waals surface area (Å²) in [6.07, 6.45) is 0.